The Labute approximate surface area is 99.5 Å². The molecule has 0 spiro atoms. The molecule has 4 nitrogen and oxygen atoms in total. The molecular formula is C13H14N2O2. The molecule has 0 radical (unpaired) electrons. The van der Waals surface area contributed by atoms with E-state index in [1.165, 1.54) is 10.7 Å². The Balaban J connectivity index is 2.33. The van der Waals surface area contributed by atoms with Gasteiger partial charge in [0.25, 0.3) is 5.56 Å². The summed E-state index contributed by atoms with van der Waals surface area (Å²) in [5.74, 6) is 0. The summed E-state index contributed by atoms with van der Waals surface area (Å²) in [6.45, 7) is 0.598. The van der Waals surface area contributed by atoms with Gasteiger partial charge in [0.1, 0.15) is 0 Å². The van der Waals surface area contributed by atoms with Crippen molar-refractivity contribution in [3.05, 3.63) is 52.3 Å². The molecule has 0 bridgehead atoms. The van der Waals surface area contributed by atoms with E-state index in [0.29, 0.717) is 6.61 Å². The van der Waals surface area contributed by atoms with Crippen molar-refractivity contribution in [1.82, 2.24) is 9.78 Å². The third-order valence-corrected chi connectivity index (χ3v) is 2.52. The van der Waals surface area contributed by atoms with Gasteiger partial charge in [0.05, 0.1) is 12.3 Å². The fourth-order valence-electron chi connectivity index (χ4n) is 1.59. The number of nitrogens with zero attached hydrogens (tertiary/aromatic N) is 2. The number of aryl methyl sites for hydroxylation is 1. The zero-order chi connectivity index (χ0) is 12.3. The van der Waals surface area contributed by atoms with Crippen LogP contribution in [0.4, 0.5) is 0 Å². The number of aromatic nitrogens is 2. The predicted molar refractivity (Wildman–Crippen MR) is 65.6 cm³/mol. The summed E-state index contributed by atoms with van der Waals surface area (Å²) in [4.78, 5) is 11.2. The second-order valence-corrected chi connectivity index (χ2v) is 3.81. The maximum Gasteiger partial charge on any atom is 0.266 e. The van der Waals surface area contributed by atoms with Gasteiger partial charge in [0.2, 0.25) is 0 Å². The molecule has 1 aromatic carbocycles. The van der Waals surface area contributed by atoms with Gasteiger partial charge in [-0.15, -0.1) is 0 Å². The minimum Gasteiger partial charge on any atom is -0.380 e. The van der Waals surface area contributed by atoms with Crippen LogP contribution in [0.25, 0.3) is 11.3 Å². The Morgan fingerprint density at radius 2 is 1.88 bits per heavy atom. The Hall–Kier alpha value is -1.94. The lowest BCUT2D eigenvalue weighted by Crippen LogP contribution is -2.18. The van der Waals surface area contributed by atoms with Gasteiger partial charge in [-0.1, -0.05) is 24.3 Å². The minimum atomic E-state index is -0.107. The Bertz CT molecular complexity index is 558. The van der Waals surface area contributed by atoms with Crippen LogP contribution in [0.2, 0.25) is 0 Å². The van der Waals surface area contributed by atoms with Crippen LogP contribution in [0, 0.1) is 0 Å². The highest BCUT2D eigenvalue weighted by Gasteiger charge is 2.01. The molecule has 0 saturated heterocycles. The molecule has 0 unspecified atom stereocenters. The van der Waals surface area contributed by atoms with Crippen LogP contribution in [-0.4, -0.2) is 16.9 Å². The first-order chi connectivity index (χ1) is 8.20. The second-order valence-electron chi connectivity index (χ2n) is 3.81. The molecule has 1 heterocycles. The molecule has 4 heteroatoms. The predicted octanol–water partition coefficient (Wildman–Crippen LogP) is 1.59. The van der Waals surface area contributed by atoms with E-state index in [1.54, 1.807) is 20.2 Å². The standard InChI is InChI=1S/C13H14N2O2/c1-15-13(16)8-7-12(14-15)11-5-3-10(4-6-11)9-17-2/h3-8H,9H2,1-2H3. The number of benzene rings is 1. The second kappa shape index (κ2) is 4.93. The molecule has 17 heavy (non-hydrogen) atoms. The van der Waals surface area contributed by atoms with Crippen molar-refractivity contribution in [3.8, 4) is 11.3 Å². The first kappa shape index (κ1) is 11.5. The molecule has 0 aliphatic carbocycles. The summed E-state index contributed by atoms with van der Waals surface area (Å²) in [5.41, 5.74) is 2.78. The molecular weight excluding hydrogens is 216 g/mol. The van der Waals surface area contributed by atoms with E-state index in [4.69, 9.17) is 4.74 Å². The molecule has 2 rings (SSSR count). The lowest BCUT2D eigenvalue weighted by Gasteiger charge is -2.04. The zero-order valence-electron chi connectivity index (χ0n) is 9.88. The van der Waals surface area contributed by atoms with Crippen molar-refractivity contribution in [2.24, 2.45) is 7.05 Å². The molecule has 88 valence electrons. The third kappa shape index (κ3) is 2.60. The monoisotopic (exact) mass is 230 g/mol. The number of rotatable bonds is 3. The summed E-state index contributed by atoms with van der Waals surface area (Å²) in [7, 11) is 3.31. The van der Waals surface area contributed by atoms with E-state index in [0.717, 1.165) is 16.8 Å². The van der Waals surface area contributed by atoms with Crippen molar-refractivity contribution in [1.29, 1.82) is 0 Å². The highest BCUT2D eigenvalue weighted by molar-refractivity contribution is 5.58. The van der Waals surface area contributed by atoms with E-state index in [9.17, 15) is 4.79 Å². The summed E-state index contributed by atoms with van der Waals surface area (Å²) >= 11 is 0. The van der Waals surface area contributed by atoms with Crippen LogP contribution in [0.1, 0.15) is 5.56 Å². The van der Waals surface area contributed by atoms with Crippen LogP contribution in [-0.2, 0) is 18.4 Å². The SMILES string of the molecule is COCc1ccc(-c2ccc(=O)n(C)n2)cc1. The van der Waals surface area contributed by atoms with Gasteiger partial charge >= 0.3 is 0 Å². The quantitative estimate of drug-likeness (QED) is 0.804. The Morgan fingerprint density at radius 3 is 2.47 bits per heavy atom. The van der Waals surface area contributed by atoms with Gasteiger partial charge in [-0.05, 0) is 11.6 Å². The molecule has 0 N–H and O–H groups in total. The molecule has 1 aromatic heterocycles. The van der Waals surface area contributed by atoms with Crippen LogP contribution in [0.3, 0.4) is 0 Å². The lowest BCUT2D eigenvalue weighted by molar-refractivity contribution is 0.185. The fraction of sp³-hybridized carbons (Fsp3) is 0.231. The zero-order valence-corrected chi connectivity index (χ0v) is 9.88. The van der Waals surface area contributed by atoms with E-state index in [1.807, 2.05) is 24.3 Å². The lowest BCUT2D eigenvalue weighted by atomic mass is 10.1. The van der Waals surface area contributed by atoms with Crippen molar-refractivity contribution in [2.45, 2.75) is 6.61 Å². The summed E-state index contributed by atoms with van der Waals surface area (Å²) < 4.78 is 6.38. The van der Waals surface area contributed by atoms with E-state index in [-0.39, 0.29) is 5.56 Å². The van der Waals surface area contributed by atoms with Crippen LogP contribution in [0.15, 0.2) is 41.2 Å². The molecule has 0 atom stereocenters. The van der Waals surface area contributed by atoms with Crippen molar-refractivity contribution in [3.63, 3.8) is 0 Å². The third-order valence-electron chi connectivity index (χ3n) is 2.52. The Morgan fingerprint density at radius 1 is 1.18 bits per heavy atom. The van der Waals surface area contributed by atoms with Gasteiger partial charge in [-0.25, -0.2) is 4.68 Å². The van der Waals surface area contributed by atoms with Crippen molar-refractivity contribution >= 4 is 0 Å². The molecule has 0 aliphatic rings. The van der Waals surface area contributed by atoms with E-state index < -0.39 is 0 Å². The number of methoxy groups -OCH3 is 1. The molecule has 2 aromatic rings. The van der Waals surface area contributed by atoms with Crippen LogP contribution >= 0.6 is 0 Å². The summed E-state index contributed by atoms with van der Waals surface area (Å²) in [6, 6.07) is 11.2. The minimum absolute atomic E-state index is 0.107. The highest BCUT2D eigenvalue weighted by atomic mass is 16.5. The number of hydrogen-bond donors (Lipinski definition) is 0. The maximum absolute atomic E-state index is 11.2. The molecule has 0 fully saturated rings. The van der Waals surface area contributed by atoms with Crippen LogP contribution < -0.4 is 5.56 Å². The first-order valence-corrected chi connectivity index (χ1v) is 5.33. The fourth-order valence-corrected chi connectivity index (χ4v) is 1.59. The largest absolute Gasteiger partial charge is 0.380 e. The maximum atomic E-state index is 11.2. The first-order valence-electron chi connectivity index (χ1n) is 5.33. The van der Waals surface area contributed by atoms with Gasteiger partial charge < -0.3 is 4.74 Å². The molecule has 0 amide bonds. The molecule has 0 saturated carbocycles. The average molecular weight is 230 g/mol. The smallest absolute Gasteiger partial charge is 0.266 e. The average Bonchev–Trinajstić information content (AvgIpc) is 2.34. The normalized spacial score (nSPS) is 10.5. The summed E-state index contributed by atoms with van der Waals surface area (Å²) in [5, 5.41) is 4.19. The van der Waals surface area contributed by atoms with E-state index in [2.05, 4.69) is 5.10 Å². The van der Waals surface area contributed by atoms with Crippen molar-refractivity contribution in [2.75, 3.05) is 7.11 Å². The van der Waals surface area contributed by atoms with Crippen LogP contribution in [0.5, 0.6) is 0 Å². The highest BCUT2D eigenvalue weighted by Crippen LogP contribution is 2.16. The number of hydrogen-bond acceptors (Lipinski definition) is 3. The topological polar surface area (TPSA) is 44.1 Å². The van der Waals surface area contributed by atoms with Gasteiger partial charge in [-0.3, -0.25) is 4.79 Å². The number of ether oxygens (including phenoxy) is 1. The van der Waals surface area contributed by atoms with Gasteiger partial charge in [0.15, 0.2) is 0 Å². The Kier molecular flexibility index (Phi) is 3.35. The van der Waals surface area contributed by atoms with Gasteiger partial charge in [-0.2, -0.15) is 5.10 Å². The van der Waals surface area contributed by atoms with E-state index >= 15 is 0 Å². The molecule has 0 aliphatic heterocycles. The van der Waals surface area contributed by atoms with Crippen molar-refractivity contribution < 1.29 is 4.74 Å². The van der Waals surface area contributed by atoms with Gasteiger partial charge in [0, 0.05) is 25.8 Å². The summed E-state index contributed by atoms with van der Waals surface area (Å²) in [6.07, 6.45) is 0.